The molecule has 1 saturated heterocycles. The molecule has 0 radical (unpaired) electrons. The van der Waals surface area contributed by atoms with Gasteiger partial charge >= 0.3 is 0 Å². The van der Waals surface area contributed by atoms with Crippen LogP contribution in [0, 0.1) is 5.82 Å². The Hall–Kier alpha value is -2.25. The van der Waals surface area contributed by atoms with Gasteiger partial charge in [0.15, 0.2) is 0 Å². The molecular formula is C21H24FN3O2S. The van der Waals surface area contributed by atoms with Crippen molar-refractivity contribution in [3.63, 3.8) is 0 Å². The number of sulfonamides is 1. The number of para-hydroxylation sites is 2. The Labute approximate surface area is 164 Å². The van der Waals surface area contributed by atoms with E-state index in [1.54, 1.807) is 0 Å². The van der Waals surface area contributed by atoms with Crippen LogP contribution in [0.25, 0.3) is 11.0 Å². The number of piperidine rings is 1. The highest BCUT2D eigenvalue weighted by atomic mass is 32.2. The molecule has 4 rings (SSSR count). The van der Waals surface area contributed by atoms with Crippen molar-refractivity contribution in [2.45, 2.75) is 43.5 Å². The third kappa shape index (κ3) is 3.33. The fourth-order valence-corrected chi connectivity index (χ4v) is 5.60. The van der Waals surface area contributed by atoms with Gasteiger partial charge in [0.2, 0.25) is 10.0 Å². The van der Waals surface area contributed by atoms with Gasteiger partial charge < -0.3 is 4.57 Å². The summed E-state index contributed by atoms with van der Waals surface area (Å²) in [6, 6.07) is 13.4. The van der Waals surface area contributed by atoms with Crippen LogP contribution in [-0.4, -0.2) is 35.4 Å². The van der Waals surface area contributed by atoms with Gasteiger partial charge in [-0.2, -0.15) is 4.31 Å². The Balaban J connectivity index is 1.70. The number of rotatable bonds is 4. The maximum absolute atomic E-state index is 13.6. The Morgan fingerprint density at radius 1 is 1.14 bits per heavy atom. The second-order valence-corrected chi connectivity index (χ2v) is 9.52. The van der Waals surface area contributed by atoms with E-state index < -0.39 is 15.8 Å². The van der Waals surface area contributed by atoms with Gasteiger partial charge in [-0.15, -0.1) is 0 Å². The molecule has 0 aliphatic carbocycles. The molecule has 1 atom stereocenters. The molecule has 0 spiro atoms. The number of nitrogens with zero attached hydrogens (tertiary/aromatic N) is 3. The van der Waals surface area contributed by atoms with Crippen LogP contribution in [0.3, 0.4) is 0 Å². The monoisotopic (exact) mass is 401 g/mol. The predicted octanol–water partition coefficient (Wildman–Crippen LogP) is 4.32. The van der Waals surface area contributed by atoms with Crippen LogP contribution in [0.4, 0.5) is 4.39 Å². The summed E-state index contributed by atoms with van der Waals surface area (Å²) in [6.07, 6.45) is 1.63. The molecule has 5 nitrogen and oxygen atoms in total. The Kier molecular flexibility index (Phi) is 4.97. The number of imidazole rings is 1. The fraction of sp³-hybridized carbons (Fsp3) is 0.381. The quantitative estimate of drug-likeness (QED) is 0.654. The van der Waals surface area contributed by atoms with E-state index in [1.165, 1.54) is 22.5 Å². The van der Waals surface area contributed by atoms with E-state index in [4.69, 9.17) is 4.98 Å². The summed E-state index contributed by atoms with van der Waals surface area (Å²) < 4.78 is 43.3. The van der Waals surface area contributed by atoms with E-state index in [0.717, 1.165) is 35.8 Å². The summed E-state index contributed by atoms with van der Waals surface area (Å²) in [6.45, 7) is 5.02. The Bertz CT molecular complexity index is 1110. The summed E-state index contributed by atoms with van der Waals surface area (Å²) in [5, 5.41) is 0. The fourth-order valence-electron chi connectivity index (χ4n) is 4.04. The Morgan fingerprint density at radius 2 is 1.93 bits per heavy atom. The average Bonchev–Trinajstić information content (AvgIpc) is 3.08. The average molecular weight is 402 g/mol. The lowest BCUT2D eigenvalue weighted by molar-refractivity contribution is 0.303. The number of benzene rings is 2. The van der Waals surface area contributed by atoms with Crippen molar-refractivity contribution in [1.29, 1.82) is 0 Å². The van der Waals surface area contributed by atoms with E-state index >= 15 is 0 Å². The molecule has 0 unspecified atom stereocenters. The smallest absolute Gasteiger partial charge is 0.243 e. The first-order valence-electron chi connectivity index (χ1n) is 9.60. The molecule has 0 saturated carbocycles. The summed E-state index contributed by atoms with van der Waals surface area (Å²) in [4.78, 5) is 4.85. The third-order valence-corrected chi connectivity index (χ3v) is 7.18. The molecule has 1 aliphatic rings. The number of halogens is 1. The van der Waals surface area contributed by atoms with Crippen molar-refractivity contribution in [2.75, 3.05) is 13.1 Å². The summed E-state index contributed by atoms with van der Waals surface area (Å²) in [5.41, 5.74) is 1.99. The number of hydrogen-bond donors (Lipinski definition) is 0. The van der Waals surface area contributed by atoms with Crippen LogP contribution in [0.5, 0.6) is 0 Å². The highest BCUT2D eigenvalue weighted by Crippen LogP contribution is 2.33. The zero-order chi connectivity index (χ0) is 19.9. The van der Waals surface area contributed by atoms with Crippen LogP contribution in [-0.2, 0) is 10.0 Å². The minimum absolute atomic E-state index is 0.00510. The molecular weight excluding hydrogens is 377 g/mol. The number of hydrogen-bond acceptors (Lipinski definition) is 3. The Morgan fingerprint density at radius 3 is 2.68 bits per heavy atom. The zero-order valence-corrected chi connectivity index (χ0v) is 16.9. The van der Waals surface area contributed by atoms with Crippen LogP contribution >= 0.6 is 0 Å². The van der Waals surface area contributed by atoms with Gasteiger partial charge in [-0.25, -0.2) is 17.8 Å². The van der Waals surface area contributed by atoms with Gasteiger partial charge in [0.25, 0.3) is 0 Å². The molecule has 7 heteroatoms. The van der Waals surface area contributed by atoms with Gasteiger partial charge in [-0.3, -0.25) is 0 Å². The van der Waals surface area contributed by atoms with Crippen molar-refractivity contribution >= 4 is 21.1 Å². The van der Waals surface area contributed by atoms with Crippen molar-refractivity contribution in [1.82, 2.24) is 13.9 Å². The zero-order valence-electron chi connectivity index (χ0n) is 16.0. The molecule has 1 aromatic heterocycles. The van der Waals surface area contributed by atoms with E-state index in [-0.39, 0.29) is 16.9 Å². The van der Waals surface area contributed by atoms with Gasteiger partial charge in [-0.05, 0) is 57.0 Å². The molecule has 1 aliphatic heterocycles. The molecule has 1 fully saturated rings. The van der Waals surface area contributed by atoms with Crippen LogP contribution in [0.1, 0.15) is 44.5 Å². The lowest BCUT2D eigenvalue weighted by Gasteiger charge is -2.32. The van der Waals surface area contributed by atoms with E-state index in [1.807, 2.05) is 18.2 Å². The first-order valence-corrected chi connectivity index (χ1v) is 11.0. The van der Waals surface area contributed by atoms with Crippen molar-refractivity contribution in [3.8, 4) is 0 Å². The van der Waals surface area contributed by atoms with Crippen molar-refractivity contribution < 1.29 is 12.8 Å². The molecule has 2 heterocycles. The highest BCUT2D eigenvalue weighted by Gasteiger charge is 2.33. The van der Waals surface area contributed by atoms with Gasteiger partial charge in [0, 0.05) is 25.0 Å². The predicted molar refractivity (Wildman–Crippen MR) is 107 cm³/mol. The maximum Gasteiger partial charge on any atom is 0.243 e. The standard InChI is InChI=1S/C21H24FN3O2S/c1-15(2)25-20-11-4-3-10-19(20)23-21(25)16-7-6-12-24(14-16)28(26,27)18-9-5-8-17(22)13-18/h3-5,8-11,13,15-16H,6-7,12,14H2,1-2H3/t16-/m1/s1. The lowest BCUT2D eigenvalue weighted by atomic mass is 9.98. The first kappa shape index (κ1) is 19.1. The van der Waals surface area contributed by atoms with Gasteiger partial charge in [0.05, 0.1) is 15.9 Å². The second-order valence-electron chi connectivity index (χ2n) is 7.58. The van der Waals surface area contributed by atoms with Crippen LogP contribution < -0.4 is 0 Å². The van der Waals surface area contributed by atoms with Gasteiger partial charge in [-0.1, -0.05) is 18.2 Å². The van der Waals surface area contributed by atoms with E-state index in [9.17, 15) is 12.8 Å². The third-order valence-electron chi connectivity index (χ3n) is 5.32. The highest BCUT2D eigenvalue weighted by molar-refractivity contribution is 7.89. The summed E-state index contributed by atoms with van der Waals surface area (Å²) >= 11 is 0. The SMILES string of the molecule is CC(C)n1c([C@@H]2CCCN(S(=O)(=O)c3cccc(F)c3)C2)nc2ccccc21. The van der Waals surface area contributed by atoms with Gasteiger partial charge in [0.1, 0.15) is 11.6 Å². The number of aromatic nitrogens is 2. The van der Waals surface area contributed by atoms with Crippen molar-refractivity contribution in [2.24, 2.45) is 0 Å². The van der Waals surface area contributed by atoms with E-state index in [2.05, 4.69) is 24.5 Å². The first-order chi connectivity index (χ1) is 13.4. The normalized spacial score (nSPS) is 18.8. The molecule has 2 aromatic carbocycles. The molecule has 0 amide bonds. The maximum atomic E-state index is 13.6. The molecule has 3 aromatic rings. The summed E-state index contributed by atoms with van der Waals surface area (Å²) in [5.74, 6) is 0.387. The minimum atomic E-state index is -3.73. The minimum Gasteiger partial charge on any atom is -0.325 e. The number of fused-ring (bicyclic) bond motifs is 1. The molecule has 0 bridgehead atoms. The molecule has 148 valence electrons. The molecule has 0 N–H and O–H groups in total. The molecule has 28 heavy (non-hydrogen) atoms. The summed E-state index contributed by atoms with van der Waals surface area (Å²) in [7, 11) is -3.73. The largest absolute Gasteiger partial charge is 0.325 e. The van der Waals surface area contributed by atoms with Crippen molar-refractivity contribution in [3.05, 3.63) is 60.2 Å². The van der Waals surface area contributed by atoms with Crippen LogP contribution in [0.15, 0.2) is 53.4 Å². The second kappa shape index (κ2) is 7.29. The lowest BCUT2D eigenvalue weighted by Crippen LogP contribution is -2.39. The van der Waals surface area contributed by atoms with Crippen LogP contribution in [0.2, 0.25) is 0 Å². The van der Waals surface area contributed by atoms with E-state index in [0.29, 0.717) is 13.1 Å². The topological polar surface area (TPSA) is 55.2 Å².